The molecule has 2 amide bonds. The fourth-order valence-electron chi connectivity index (χ4n) is 2.79. The van der Waals surface area contributed by atoms with E-state index in [2.05, 4.69) is 26.6 Å². The first-order chi connectivity index (χ1) is 16.4. The molecule has 0 aliphatic heterocycles. The molecule has 0 radical (unpaired) electrons. The van der Waals surface area contributed by atoms with Crippen LogP contribution in [-0.4, -0.2) is 25.5 Å². The number of nitriles is 1. The summed E-state index contributed by atoms with van der Waals surface area (Å²) in [7, 11) is 1.54. The monoisotopic (exact) mass is 523 g/mol. The van der Waals surface area contributed by atoms with Crippen LogP contribution in [0.2, 0.25) is 0 Å². The summed E-state index contributed by atoms with van der Waals surface area (Å²) < 4.78 is 24.1. The molecular formula is C25H19BrFN3O4. The van der Waals surface area contributed by atoms with Gasteiger partial charge in [-0.1, -0.05) is 6.07 Å². The first kappa shape index (κ1) is 24.5. The van der Waals surface area contributed by atoms with Crippen molar-refractivity contribution in [3.05, 3.63) is 88.2 Å². The van der Waals surface area contributed by atoms with Gasteiger partial charge >= 0.3 is 0 Å². The molecule has 0 aromatic heterocycles. The van der Waals surface area contributed by atoms with Gasteiger partial charge in [0, 0.05) is 11.4 Å². The molecule has 0 saturated carbocycles. The number of carbonyl (C=O) groups is 2. The zero-order chi connectivity index (χ0) is 24.5. The van der Waals surface area contributed by atoms with Crippen molar-refractivity contribution in [2.45, 2.75) is 0 Å². The fraction of sp³-hybridized carbons (Fsp3) is 0.0800. The summed E-state index contributed by atoms with van der Waals surface area (Å²) in [4.78, 5) is 24.5. The van der Waals surface area contributed by atoms with Crippen molar-refractivity contribution in [3.63, 3.8) is 0 Å². The van der Waals surface area contributed by atoms with E-state index in [1.54, 1.807) is 49.6 Å². The Kier molecular flexibility index (Phi) is 8.37. The van der Waals surface area contributed by atoms with Crippen LogP contribution in [0.3, 0.4) is 0 Å². The fourth-order valence-corrected chi connectivity index (χ4v) is 3.30. The Labute approximate surface area is 203 Å². The van der Waals surface area contributed by atoms with Crippen LogP contribution < -0.4 is 20.1 Å². The van der Waals surface area contributed by atoms with Gasteiger partial charge in [-0.05, 0) is 88.2 Å². The molecule has 172 valence electrons. The second-order valence-corrected chi connectivity index (χ2v) is 7.74. The van der Waals surface area contributed by atoms with Crippen LogP contribution in [-0.2, 0) is 9.59 Å². The van der Waals surface area contributed by atoms with E-state index in [1.807, 2.05) is 6.07 Å². The minimum Gasteiger partial charge on any atom is -0.497 e. The molecule has 0 bridgehead atoms. The summed E-state index contributed by atoms with van der Waals surface area (Å²) >= 11 is 3.37. The van der Waals surface area contributed by atoms with Crippen LogP contribution in [0, 0.1) is 17.1 Å². The van der Waals surface area contributed by atoms with Crippen molar-refractivity contribution in [2.75, 3.05) is 24.4 Å². The number of anilines is 2. The lowest BCUT2D eigenvalue weighted by Gasteiger charge is -2.10. The number of nitrogens with one attached hydrogen (secondary N) is 2. The SMILES string of the molecule is COc1ccc(NC(=O)/C(C#N)=C\c2ccc(OCC(=O)Nc3ccc(F)cc3)c(Br)c2)cc1. The van der Waals surface area contributed by atoms with Crippen LogP contribution in [0.25, 0.3) is 6.08 Å². The largest absolute Gasteiger partial charge is 0.497 e. The molecule has 0 heterocycles. The average molecular weight is 524 g/mol. The molecule has 0 aliphatic rings. The van der Waals surface area contributed by atoms with E-state index in [4.69, 9.17) is 9.47 Å². The highest BCUT2D eigenvalue weighted by Crippen LogP contribution is 2.27. The van der Waals surface area contributed by atoms with Crippen LogP contribution in [0.1, 0.15) is 5.56 Å². The zero-order valence-electron chi connectivity index (χ0n) is 18.0. The normalized spacial score (nSPS) is 10.7. The predicted molar refractivity (Wildman–Crippen MR) is 130 cm³/mol. The van der Waals surface area contributed by atoms with E-state index in [-0.39, 0.29) is 12.2 Å². The first-order valence-corrected chi connectivity index (χ1v) is 10.7. The van der Waals surface area contributed by atoms with E-state index in [0.717, 1.165) is 0 Å². The Hall–Kier alpha value is -4.16. The number of amides is 2. The molecule has 2 N–H and O–H groups in total. The third-order valence-corrected chi connectivity index (χ3v) is 5.09. The summed E-state index contributed by atoms with van der Waals surface area (Å²) in [6.45, 7) is -0.265. The van der Waals surface area contributed by atoms with Crippen molar-refractivity contribution >= 4 is 45.2 Å². The summed E-state index contributed by atoms with van der Waals surface area (Å²) in [5.74, 6) is -0.321. The van der Waals surface area contributed by atoms with E-state index < -0.39 is 17.6 Å². The number of hydrogen-bond acceptors (Lipinski definition) is 5. The van der Waals surface area contributed by atoms with Crippen LogP contribution in [0.5, 0.6) is 11.5 Å². The number of methoxy groups -OCH3 is 1. The number of benzene rings is 3. The predicted octanol–water partition coefficient (Wildman–Crippen LogP) is 5.16. The lowest BCUT2D eigenvalue weighted by molar-refractivity contribution is -0.118. The van der Waals surface area contributed by atoms with Crippen LogP contribution in [0.15, 0.2) is 76.8 Å². The molecular weight excluding hydrogens is 505 g/mol. The molecule has 0 fully saturated rings. The molecule has 9 heteroatoms. The van der Waals surface area contributed by atoms with Crippen molar-refractivity contribution in [1.29, 1.82) is 5.26 Å². The summed E-state index contributed by atoms with van der Waals surface area (Å²) in [6, 6.07) is 18.9. The second kappa shape index (κ2) is 11.6. The quantitative estimate of drug-likeness (QED) is 0.313. The number of hydrogen-bond donors (Lipinski definition) is 2. The van der Waals surface area contributed by atoms with Crippen LogP contribution in [0.4, 0.5) is 15.8 Å². The lowest BCUT2D eigenvalue weighted by Crippen LogP contribution is -2.20. The molecule has 0 spiro atoms. The maximum Gasteiger partial charge on any atom is 0.266 e. The van der Waals surface area contributed by atoms with Gasteiger partial charge in [-0.3, -0.25) is 9.59 Å². The van der Waals surface area contributed by atoms with Gasteiger partial charge in [-0.2, -0.15) is 5.26 Å². The van der Waals surface area contributed by atoms with Gasteiger partial charge in [0.2, 0.25) is 0 Å². The topological polar surface area (TPSA) is 100 Å². The lowest BCUT2D eigenvalue weighted by atomic mass is 10.1. The standard InChI is InChI=1S/C25H19BrFN3O4/c1-33-21-9-7-20(8-10-21)30-25(32)17(14-28)12-16-2-11-23(22(26)13-16)34-15-24(31)29-19-5-3-18(27)4-6-19/h2-13H,15H2,1H3,(H,29,31)(H,30,32)/b17-12-. The third kappa shape index (κ3) is 6.92. The van der Waals surface area contributed by atoms with Gasteiger partial charge in [0.15, 0.2) is 6.61 Å². The molecule has 0 aliphatic carbocycles. The van der Waals surface area contributed by atoms with E-state index >= 15 is 0 Å². The Morgan fingerprint density at radius 3 is 2.29 bits per heavy atom. The van der Waals surface area contributed by atoms with Gasteiger partial charge in [-0.15, -0.1) is 0 Å². The molecule has 0 atom stereocenters. The van der Waals surface area contributed by atoms with Crippen LogP contribution >= 0.6 is 15.9 Å². The van der Waals surface area contributed by atoms with Gasteiger partial charge in [0.25, 0.3) is 11.8 Å². The second-order valence-electron chi connectivity index (χ2n) is 6.89. The van der Waals surface area contributed by atoms with Gasteiger partial charge in [0.05, 0.1) is 11.6 Å². The maximum atomic E-state index is 12.9. The number of rotatable bonds is 8. The summed E-state index contributed by atoms with van der Waals surface area (Å²) in [5.41, 5.74) is 1.47. The Bertz CT molecular complexity index is 1250. The molecule has 0 unspecified atom stereocenters. The molecule has 7 nitrogen and oxygen atoms in total. The number of nitrogens with zero attached hydrogens (tertiary/aromatic N) is 1. The maximum absolute atomic E-state index is 12.9. The third-order valence-electron chi connectivity index (χ3n) is 4.47. The van der Waals surface area contributed by atoms with Gasteiger partial charge in [-0.25, -0.2) is 4.39 Å². The van der Waals surface area contributed by atoms with Crippen molar-refractivity contribution in [1.82, 2.24) is 0 Å². The minimum atomic E-state index is -0.554. The highest BCUT2D eigenvalue weighted by molar-refractivity contribution is 9.10. The first-order valence-electron chi connectivity index (χ1n) is 9.93. The Balaban J connectivity index is 1.61. The van der Waals surface area contributed by atoms with Gasteiger partial charge in [0.1, 0.15) is 29.0 Å². The van der Waals surface area contributed by atoms with E-state index in [0.29, 0.717) is 32.9 Å². The highest BCUT2D eigenvalue weighted by Gasteiger charge is 2.11. The smallest absolute Gasteiger partial charge is 0.266 e. The average Bonchev–Trinajstić information content (AvgIpc) is 2.83. The molecule has 3 aromatic rings. The van der Waals surface area contributed by atoms with Crippen molar-refractivity contribution in [3.8, 4) is 17.6 Å². The highest BCUT2D eigenvalue weighted by atomic mass is 79.9. The Morgan fingerprint density at radius 1 is 1.03 bits per heavy atom. The van der Waals surface area contributed by atoms with Crippen molar-refractivity contribution < 1.29 is 23.5 Å². The van der Waals surface area contributed by atoms with Crippen molar-refractivity contribution in [2.24, 2.45) is 0 Å². The Morgan fingerprint density at radius 2 is 1.68 bits per heavy atom. The summed E-state index contributed by atoms with van der Waals surface area (Å²) in [5, 5.41) is 14.7. The molecule has 0 saturated heterocycles. The number of ether oxygens (including phenoxy) is 2. The number of carbonyl (C=O) groups excluding carboxylic acids is 2. The zero-order valence-corrected chi connectivity index (χ0v) is 19.6. The summed E-state index contributed by atoms with van der Waals surface area (Å²) in [6.07, 6.45) is 1.44. The van der Waals surface area contributed by atoms with Gasteiger partial charge < -0.3 is 20.1 Å². The molecule has 3 rings (SSSR count). The molecule has 34 heavy (non-hydrogen) atoms. The number of halogens is 2. The minimum absolute atomic E-state index is 0.0879. The molecule has 3 aromatic carbocycles. The van der Waals surface area contributed by atoms with E-state index in [9.17, 15) is 19.2 Å². The van der Waals surface area contributed by atoms with E-state index in [1.165, 1.54) is 30.3 Å².